The van der Waals surface area contributed by atoms with E-state index in [1.54, 1.807) is 43.3 Å². The van der Waals surface area contributed by atoms with Gasteiger partial charge < -0.3 is 15.1 Å². The normalized spacial score (nSPS) is 16.7. The lowest BCUT2D eigenvalue weighted by Gasteiger charge is -2.36. The standard InChI is InChI=1S/C26H32ClN5O4.CH4/c1-19-18-23(6-7-24(19)32(35)36)28-22-8-12-30(13-9-22)25(33)10-11-29-14-16-31(17-15-29)26(34)20-2-4-21(27)5-3-20;/h2-7,18,22,28H,8-17H2,1H3;1H4. The molecular weight excluding hydrogens is 494 g/mol. The molecule has 200 valence electrons. The fraction of sp³-hybridized carbons (Fsp3) is 0.481. The zero-order valence-corrected chi connectivity index (χ0v) is 21.2. The summed E-state index contributed by atoms with van der Waals surface area (Å²) in [4.78, 5) is 42.1. The average molecular weight is 530 g/mol. The lowest BCUT2D eigenvalue weighted by Crippen LogP contribution is -2.49. The summed E-state index contributed by atoms with van der Waals surface area (Å²) in [5.41, 5.74) is 2.27. The number of nitro groups is 1. The van der Waals surface area contributed by atoms with Crippen LogP contribution in [0.2, 0.25) is 5.02 Å². The Labute approximate surface area is 223 Å². The molecule has 0 spiro atoms. The summed E-state index contributed by atoms with van der Waals surface area (Å²) in [7, 11) is 0. The highest BCUT2D eigenvalue weighted by Gasteiger charge is 2.25. The monoisotopic (exact) mass is 529 g/mol. The second-order valence-corrected chi connectivity index (χ2v) is 9.88. The average Bonchev–Trinajstić information content (AvgIpc) is 2.88. The van der Waals surface area contributed by atoms with Gasteiger partial charge in [-0.3, -0.25) is 24.6 Å². The Morgan fingerprint density at radius 1 is 1.00 bits per heavy atom. The number of benzene rings is 2. The summed E-state index contributed by atoms with van der Waals surface area (Å²) in [6, 6.07) is 12.3. The molecule has 0 aliphatic carbocycles. The van der Waals surface area contributed by atoms with Gasteiger partial charge in [-0.05, 0) is 56.2 Å². The zero-order chi connectivity index (χ0) is 25.7. The van der Waals surface area contributed by atoms with Crippen LogP contribution in [0.1, 0.15) is 42.6 Å². The molecule has 0 saturated carbocycles. The molecule has 0 bridgehead atoms. The van der Waals surface area contributed by atoms with Crippen molar-refractivity contribution in [3.63, 3.8) is 0 Å². The van der Waals surface area contributed by atoms with Crippen LogP contribution < -0.4 is 5.32 Å². The minimum atomic E-state index is -0.371. The summed E-state index contributed by atoms with van der Waals surface area (Å²) in [6.07, 6.45) is 2.16. The molecular formula is C27H36ClN5O4. The first-order valence-corrected chi connectivity index (χ1v) is 12.7. The molecule has 37 heavy (non-hydrogen) atoms. The van der Waals surface area contributed by atoms with Gasteiger partial charge in [0.05, 0.1) is 4.92 Å². The van der Waals surface area contributed by atoms with Gasteiger partial charge in [0, 0.05) is 86.2 Å². The van der Waals surface area contributed by atoms with Gasteiger partial charge in [-0.15, -0.1) is 0 Å². The van der Waals surface area contributed by atoms with Gasteiger partial charge in [-0.1, -0.05) is 19.0 Å². The summed E-state index contributed by atoms with van der Waals surface area (Å²) in [5, 5.41) is 15.1. The van der Waals surface area contributed by atoms with Gasteiger partial charge in [0.1, 0.15) is 0 Å². The molecule has 0 atom stereocenters. The molecule has 9 nitrogen and oxygen atoms in total. The van der Waals surface area contributed by atoms with Crippen LogP contribution in [0.3, 0.4) is 0 Å². The number of halogens is 1. The highest BCUT2D eigenvalue weighted by atomic mass is 35.5. The van der Waals surface area contributed by atoms with Gasteiger partial charge in [0.2, 0.25) is 5.91 Å². The van der Waals surface area contributed by atoms with E-state index < -0.39 is 0 Å². The Bertz CT molecular complexity index is 1090. The minimum Gasteiger partial charge on any atom is -0.382 e. The maximum atomic E-state index is 12.8. The van der Waals surface area contributed by atoms with E-state index in [2.05, 4.69) is 10.2 Å². The van der Waals surface area contributed by atoms with Crippen LogP contribution in [0, 0.1) is 17.0 Å². The number of hydrogen-bond donors (Lipinski definition) is 1. The molecule has 2 aliphatic rings. The lowest BCUT2D eigenvalue weighted by atomic mass is 10.0. The largest absolute Gasteiger partial charge is 0.382 e. The molecule has 1 N–H and O–H groups in total. The van der Waals surface area contributed by atoms with E-state index in [4.69, 9.17) is 11.6 Å². The number of anilines is 1. The number of nitrogens with zero attached hydrogens (tertiary/aromatic N) is 4. The van der Waals surface area contributed by atoms with Crippen molar-refractivity contribution < 1.29 is 14.5 Å². The molecule has 4 rings (SSSR count). The Morgan fingerprint density at radius 2 is 1.65 bits per heavy atom. The number of amides is 2. The smallest absolute Gasteiger partial charge is 0.272 e. The number of piperidine rings is 1. The van der Waals surface area contributed by atoms with E-state index in [0.717, 1.165) is 31.6 Å². The third-order valence-electron chi connectivity index (χ3n) is 7.00. The Hall–Kier alpha value is -3.17. The summed E-state index contributed by atoms with van der Waals surface area (Å²) < 4.78 is 0. The molecule has 10 heteroatoms. The van der Waals surface area contributed by atoms with Crippen LogP contribution >= 0.6 is 11.6 Å². The van der Waals surface area contributed by atoms with Crippen LogP contribution in [0.4, 0.5) is 11.4 Å². The molecule has 2 fully saturated rings. The topological polar surface area (TPSA) is 99.0 Å². The molecule has 2 aliphatic heterocycles. The number of aryl methyl sites for hydroxylation is 1. The Morgan fingerprint density at radius 3 is 2.24 bits per heavy atom. The molecule has 0 unspecified atom stereocenters. The lowest BCUT2D eigenvalue weighted by molar-refractivity contribution is -0.385. The fourth-order valence-corrected chi connectivity index (χ4v) is 4.95. The summed E-state index contributed by atoms with van der Waals surface area (Å²) >= 11 is 5.91. The van der Waals surface area contributed by atoms with Crippen molar-refractivity contribution in [2.45, 2.75) is 39.7 Å². The quantitative estimate of drug-likeness (QED) is 0.420. The van der Waals surface area contributed by atoms with E-state index >= 15 is 0 Å². The number of likely N-dealkylation sites (tertiary alicyclic amines) is 1. The number of nitrogens with one attached hydrogen (secondary N) is 1. The van der Waals surface area contributed by atoms with Crippen LogP contribution in [0.15, 0.2) is 42.5 Å². The number of piperazine rings is 1. The van der Waals surface area contributed by atoms with E-state index in [0.29, 0.717) is 55.3 Å². The SMILES string of the molecule is C.Cc1cc(NC2CCN(C(=O)CCN3CCN(C(=O)c4ccc(Cl)cc4)CC3)CC2)ccc1[N+](=O)[O-]. The highest BCUT2D eigenvalue weighted by Crippen LogP contribution is 2.24. The molecule has 2 aromatic carbocycles. The van der Waals surface area contributed by atoms with Crippen molar-refractivity contribution in [2.24, 2.45) is 0 Å². The predicted octanol–water partition coefficient (Wildman–Crippen LogP) is 4.44. The first-order chi connectivity index (χ1) is 17.3. The van der Waals surface area contributed by atoms with Crippen molar-refractivity contribution in [1.29, 1.82) is 0 Å². The molecule has 2 aromatic rings. The predicted molar refractivity (Wildman–Crippen MR) is 146 cm³/mol. The number of nitro benzene ring substituents is 1. The van der Waals surface area contributed by atoms with E-state index in [1.807, 2.05) is 9.80 Å². The van der Waals surface area contributed by atoms with Gasteiger partial charge >= 0.3 is 0 Å². The first-order valence-electron chi connectivity index (χ1n) is 12.4. The molecule has 0 aromatic heterocycles. The Kier molecular flexibility index (Phi) is 9.88. The number of hydrogen-bond acceptors (Lipinski definition) is 6. The number of carbonyl (C=O) groups excluding carboxylic acids is 2. The van der Waals surface area contributed by atoms with Crippen LogP contribution in [0.25, 0.3) is 0 Å². The molecule has 0 radical (unpaired) electrons. The molecule has 2 amide bonds. The van der Waals surface area contributed by atoms with Crippen LogP contribution in [-0.4, -0.2) is 83.3 Å². The maximum Gasteiger partial charge on any atom is 0.272 e. The minimum absolute atomic E-state index is 0. The third kappa shape index (κ3) is 7.42. The first kappa shape index (κ1) is 28.4. The van der Waals surface area contributed by atoms with E-state index in [9.17, 15) is 19.7 Å². The second kappa shape index (κ2) is 12.9. The second-order valence-electron chi connectivity index (χ2n) is 9.45. The third-order valence-corrected chi connectivity index (χ3v) is 7.26. The summed E-state index contributed by atoms with van der Waals surface area (Å²) in [5.74, 6) is 0.182. The van der Waals surface area contributed by atoms with Crippen molar-refractivity contribution in [1.82, 2.24) is 14.7 Å². The fourth-order valence-electron chi connectivity index (χ4n) is 4.82. The Balaban J connectivity index is 0.00000380. The number of rotatable bonds is 7. The van der Waals surface area contributed by atoms with Gasteiger partial charge in [0.15, 0.2) is 0 Å². The number of carbonyl (C=O) groups is 2. The molecule has 2 saturated heterocycles. The highest BCUT2D eigenvalue weighted by molar-refractivity contribution is 6.30. The maximum absolute atomic E-state index is 12.8. The van der Waals surface area contributed by atoms with Gasteiger partial charge in [0.25, 0.3) is 11.6 Å². The van der Waals surface area contributed by atoms with Gasteiger partial charge in [-0.2, -0.15) is 0 Å². The van der Waals surface area contributed by atoms with Gasteiger partial charge in [-0.25, -0.2) is 0 Å². The van der Waals surface area contributed by atoms with Crippen molar-refractivity contribution >= 4 is 34.8 Å². The zero-order valence-electron chi connectivity index (χ0n) is 20.5. The van der Waals surface area contributed by atoms with Crippen LogP contribution in [-0.2, 0) is 4.79 Å². The van der Waals surface area contributed by atoms with E-state index in [1.165, 1.54) is 6.07 Å². The van der Waals surface area contributed by atoms with Crippen LogP contribution in [0.5, 0.6) is 0 Å². The van der Waals surface area contributed by atoms with E-state index in [-0.39, 0.29) is 35.9 Å². The van der Waals surface area contributed by atoms with Crippen molar-refractivity contribution in [3.05, 3.63) is 68.7 Å². The summed E-state index contributed by atoms with van der Waals surface area (Å²) in [6.45, 7) is 6.64. The van der Waals surface area contributed by atoms with Crippen molar-refractivity contribution in [3.8, 4) is 0 Å². The van der Waals surface area contributed by atoms with Crippen molar-refractivity contribution in [2.75, 3.05) is 51.1 Å². The molecule has 2 heterocycles.